The van der Waals surface area contributed by atoms with Crippen LogP contribution in [0.4, 0.5) is 0 Å². The SMILES string of the molecule is Cc1cc(C)c2c(c1Cl)CC(=N/OCC(=O)NCc1ccccc1)/C=C/CC/C=C/CCOC2=O. The summed E-state index contributed by atoms with van der Waals surface area (Å²) in [5, 5.41) is 7.52. The lowest BCUT2D eigenvalue weighted by atomic mass is 9.94. The molecular formula is C28H31ClN2O4. The van der Waals surface area contributed by atoms with Gasteiger partial charge in [0.2, 0.25) is 0 Å². The number of hydrogen-bond acceptors (Lipinski definition) is 5. The Morgan fingerprint density at radius 2 is 1.83 bits per heavy atom. The maximum absolute atomic E-state index is 12.9. The first-order valence-corrected chi connectivity index (χ1v) is 12.1. The molecule has 0 saturated heterocycles. The van der Waals surface area contributed by atoms with Gasteiger partial charge in [-0.05, 0) is 61.4 Å². The molecule has 3 rings (SSSR count). The van der Waals surface area contributed by atoms with Crippen LogP contribution in [0.3, 0.4) is 0 Å². The second-order valence-electron chi connectivity index (χ2n) is 8.35. The van der Waals surface area contributed by atoms with E-state index in [4.69, 9.17) is 21.2 Å². The third-order valence-electron chi connectivity index (χ3n) is 5.51. The van der Waals surface area contributed by atoms with Crippen LogP contribution >= 0.6 is 11.6 Å². The number of aryl methyl sites for hydroxylation is 2. The van der Waals surface area contributed by atoms with Crippen molar-refractivity contribution in [1.29, 1.82) is 0 Å². The predicted molar refractivity (Wildman–Crippen MR) is 139 cm³/mol. The Labute approximate surface area is 211 Å². The summed E-state index contributed by atoms with van der Waals surface area (Å²) in [7, 11) is 0. The van der Waals surface area contributed by atoms with Gasteiger partial charge in [-0.1, -0.05) is 71.4 Å². The van der Waals surface area contributed by atoms with Crippen LogP contribution < -0.4 is 5.32 Å². The Morgan fingerprint density at radius 3 is 2.63 bits per heavy atom. The highest BCUT2D eigenvalue weighted by molar-refractivity contribution is 6.33. The molecule has 35 heavy (non-hydrogen) atoms. The fourth-order valence-corrected chi connectivity index (χ4v) is 3.98. The number of rotatable bonds is 5. The standard InChI is InChI=1S/C28H31ClN2O4/c1-20-16-21(2)27(29)24-17-23(14-10-5-3-4-6-11-15-34-28(33)26(20)24)31-35-19-25(32)30-18-22-12-8-7-9-13-22/h4,6-10,12-14,16H,3,5,11,15,17-19H2,1-2H3,(H,30,32)/b6-4+,14-10+,31-23+. The number of cyclic esters (lactones) is 1. The van der Waals surface area contributed by atoms with E-state index in [0.717, 1.165) is 29.5 Å². The molecule has 0 unspecified atom stereocenters. The summed E-state index contributed by atoms with van der Waals surface area (Å²) in [4.78, 5) is 30.5. The summed E-state index contributed by atoms with van der Waals surface area (Å²) in [6, 6.07) is 11.5. The summed E-state index contributed by atoms with van der Waals surface area (Å²) in [5.41, 5.74) is 4.30. The Balaban J connectivity index is 1.79. The minimum atomic E-state index is -0.408. The molecule has 6 nitrogen and oxygen atoms in total. The molecule has 0 aliphatic carbocycles. The molecule has 0 bridgehead atoms. The maximum Gasteiger partial charge on any atom is 0.338 e. The Kier molecular flexibility index (Phi) is 10.1. The molecule has 0 saturated carbocycles. The van der Waals surface area contributed by atoms with Crippen LogP contribution in [-0.2, 0) is 27.3 Å². The van der Waals surface area contributed by atoms with E-state index < -0.39 is 5.97 Å². The molecule has 0 atom stereocenters. The number of esters is 1. The zero-order chi connectivity index (χ0) is 25.0. The molecule has 0 spiro atoms. The number of halogens is 1. The van der Waals surface area contributed by atoms with Crippen molar-refractivity contribution in [2.24, 2.45) is 5.16 Å². The quantitative estimate of drug-likeness (QED) is 0.331. The normalized spacial score (nSPS) is 17.6. The third-order valence-corrected chi connectivity index (χ3v) is 6.03. The van der Waals surface area contributed by atoms with Gasteiger partial charge in [0, 0.05) is 18.0 Å². The first kappa shape index (κ1) is 26.2. The summed E-state index contributed by atoms with van der Waals surface area (Å²) in [5.74, 6) is -0.684. The van der Waals surface area contributed by atoms with Crippen LogP contribution in [0.25, 0.3) is 0 Å². The number of nitrogens with one attached hydrogen (secondary N) is 1. The Hall–Kier alpha value is -3.38. The van der Waals surface area contributed by atoms with Crippen LogP contribution in [-0.4, -0.2) is 30.8 Å². The fraction of sp³-hybridized carbons (Fsp3) is 0.321. The number of carbonyl (C=O) groups excluding carboxylic acids is 2. The first-order valence-electron chi connectivity index (χ1n) is 11.7. The highest BCUT2D eigenvalue weighted by Crippen LogP contribution is 2.29. The predicted octanol–water partition coefficient (Wildman–Crippen LogP) is 5.64. The van der Waals surface area contributed by atoms with Crippen molar-refractivity contribution in [1.82, 2.24) is 5.32 Å². The van der Waals surface area contributed by atoms with E-state index in [-0.39, 0.29) is 18.9 Å². The number of benzene rings is 2. The van der Waals surface area contributed by atoms with Crippen LogP contribution in [0, 0.1) is 13.8 Å². The van der Waals surface area contributed by atoms with Gasteiger partial charge < -0.3 is 14.9 Å². The van der Waals surface area contributed by atoms with E-state index in [1.165, 1.54) is 0 Å². The summed E-state index contributed by atoms with van der Waals surface area (Å²) in [6.45, 7) is 4.26. The summed E-state index contributed by atoms with van der Waals surface area (Å²) >= 11 is 6.65. The molecule has 1 aliphatic rings. The van der Waals surface area contributed by atoms with Gasteiger partial charge in [0.25, 0.3) is 5.91 Å². The highest BCUT2D eigenvalue weighted by Gasteiger charge is 2.21. The molecule has 184 valence electrons. The molecule has 0 fully saturated rings. The van der Waals surface area contributed by atoms with Crippen molar-refractivity contribution in [3.63, 3.8) is 0 Å². The first-order chi connectivity index (χ1) is 17.0. The molecule has 1 N–H and O–H groups in total. The van der Waals surface area contributed by atoms with Crippen LogP contribution in [0.15, 0.2) is 65.9 Å². The fourth-order valence-electron chi connectivity index (χ4n) is 3.76. The molecule has 0 aromatic heterocycles. The van der Waals surface area contributed by atoms with Crippen LogP contribution in [0.2, 0.25) is 5.02 Å². The lowest BCUT2D eigenvalue weighted by molar-refractivity contribution is -0.125. The molecule has 1 amide bonds. The Morgan fingerprint density at radius 1 is 1.09 bits per heavy atom. The lowest BCUT2D eigenvalue weighted by Crippen LogP contribution is -2.26. The van der Waals surface area contributed by atoms with Gasteiger partial charge in [-0.25, -0.2) is 4.79 Å². The number of fused-ring (bicyclic) bond motifs is 1. The number of carbonyl (C=O) groups is 2. The number of allylic oxidation sites excluding steroid dienone is 3. The van der Waals surface area contributed by atoms with Gasteiger partial charge in [-0.2, -0.15) is 0 Å². The summed E-state index contributed by atoms with van der Waals surface area (Å²) < 4.78 is 5.51. The maximum atomic E-state index is 12.9. The molecule has 0 radical (unpaired) electrons. The lowest BCUT2D eigenvalue weighted by Gasteiger charge is -2.16. The van der Waals surface area contributed by atoms with E-state index in [9.17, 15) is 9.59 Å². The summed E-state index contributed by atoms with van der Waals surface area (Å²) in [6.07, 6.45) is 10.5. The van der Waals surface area contributed by atoms with E-state index in [1.807, 2.05) is 68.5 Å². The van der Waals surface area contributed by atoms with E-state index in [1.54, 1.807) is 0 Å². The number of oxime groups is 1. The van der Waals surface area contributed by atoms with Gasteiger partial charge in [-0.3, -0.25) is 4.79 Å². The molecule has 1 heterocycles. The topological polar surface area (TPSA) is 77.0 Å². The minimum Gasteiger partial charge on any atom is -0.462 e. The van der Waals surface area contributed by atoms with Crippen LogP contribution in [0.5, 0.6) is 0 Å². The van der Waals surface area contributed by atoms with E-state index in [0.29, 0.717) is 41.4 Å². The molecular weight excluding hydrogens is 464 g/mol. The van der Waals surface area contributed by atoms with Gasteiger partial charge in [0.05, 0.1) is 17.9 Å². The van der Waals surface area contributed by atoms with E-state index in [2.05, 4.69) is 16.5 Å². The van der Waals surface area contributed by atoms with Crippen molar-refractivity contribution >= 4 is 29.2 Å². The number of ether oxygens (including phenoxy) is 1. The molecule has 2 aromatic rings. The number of nitrogens with zero attached hydrogens (tertiary/aromatic N) is 1. The van der Waals surface area contributed by atoms with Crippen molar-refractivity contribution in [2.75, 3.05) is 13.2 Å². The van der Waals surface area contributed by atoms with Crippen LogP contribution in [0.1, 0.15) is 51.9 Å². The average Bonchev–Trinajstić information content (AvgIpc) is 2.84. The average molecular weight is 495 g/mol. The zero-order valence-electron chi connectivity index (χ0n) is 20.2. The second-order valence-corrected chi connectivity index (χ2v) is 8.73. The smallest absolute Gasteiger partial charge is 0.338 e. The third kappa shape index (κ3) is 8.11. The second kappa shape index (κ2) is 13.5. The monoisotopic (exact) mass is 494 g/mol. The van der Waals surface area contributed by atoms with Crippen molar-refractivity contribution in [3.05, 3.63) is 93.5 Å². The molecule has 2 aromatic carbocycles. The zero-order valence-corrected chi connectivity index (χ0v) is 20.9. The van der Waals surface area contributed by atoms with E-state index >= 15 is 0 Å². The van der Waals surface area contributed by atoms with Gasteiger partial charge in [0.1, 0.15) is 0 Å². The van der Waals surface area contributed by atoms with Crippen molar-refractivity contribution in [2.45, 2.75) is 46.1 Å². The molecule has 7 heteroatoms. The largest absolute Gasteiger partial charge is 0.462 e. The van der Waals surface area contributed by atoms with Gasteiger partial charge in [0.15, 0.2) is 6.61 Å². The minimum absolute atomic E-state index is 0.220. The number of hydrogen-bond donors (Lipinski definition) is 1. The highest BCUT2D eigenvalue weighted by atomic mass is 35.5. The van der Waals surface area contributed by atoms with Crippen molar-refractivity contribution in [3.8, 4) is 0 Å². The number of amides is 1. The van der Waals surface area contributed by atoms with Crippen molar-refractivity contribution < 1.29 is 19.2 Å². The van der Waals surface area contributed by atoms with Gasteiger partial charge >= 0.3 is 5.97 Å². The Bertz CT molecular complexity index is 1120. The molecule has 1 aliphatic heterocycles. The van der Waals surface area contributed by atoms with Gasteiger partial charge in [-0.15, -0.1) is 0 Å².